The normalized spacial score (nSPS) is 14.6. The van der Waals surface area contributed by atoms with Gasteiger partial charge in [0.15, 0.2) is 5.65 Å². The number of nitrogens with one attached hydrogen (secondary N) is 2. The van der Waals surface area contributed by atoms with Crippen LogP contribution in [0.4, 0.5) is 16.6 Å². The highest BCUT2D eigenvalue weighted by molar-refractivity contribution is 6.39. The maximum absolute atomic E-state index is 12.8. The fourth-order valence-corrected chi connectivity index (χ4v) is 4.58. The molecule has 2 amide bonds. The fraction of sp³-hybridized carbons (Fsp3) is 0.440. The van der Waals surface area contributed by atoms with Crippen molar-refractivity contribution in [1.82, 2.24) is 25.3 Å². The standard InChI is InChI=1S/C25H31Cl2N7O2/c1-5-9-34(33-10-12-36-13-11-33)23-28-15-16-14-17(20-18(26)7-6-8-19(20)27)22(29-21(16)30-23)31-24(35)32-25(2,3)4/h6-8,14-15H,5,9-13H2,1-4H3,(H2,28,29,30,31,32,35). The van der Waals surface area contributed by atoms with E-state index in [0.29, 0.717) is 57.2 Å². The SMILES string of the molecule is CCCN(c1ncc2cc(-c3c(Cl)cccc3Cl)c(NC(=O)NC(C)(C)C)nc2n1)N1CCOCC1. The molecule has 0 saturated carbocycles. The molecule has 0 aliphatic carbocycles. The van der Waals surface area contributed by atoms with Crippen molar-refractivity contribution in [3.8, 4) is 11.1 Å². The molecule has 3 aromatic rings. The molecule has 1 aliphatic rings. The number of carbonyl (C=O) groups is 1. The molecule has 3 heterocycles. The summed E-state index contributed by atoms with van der Waals surface area (Å²) >= 11 is 13.0. The second-order valence-electron chi connectivity index (χ2n) is 9.58. The van der Waals surface area contributed by atoms with Gasteiger partial charge in [0, 0.05) is 47.9 Å². The Labute approximate surface area is 221 Å². The summed E-state index contributed by atoms with van der Waals surface area (Å²) in [6, 6.07) is 6.72. The molecule has 0 bridgehead atoms. The summed E-state index contributed by atoms with van der Waals surface area (Å²) in [5.41, 5.74) is 1.17. The van der Waals surface area contributed by atoms with Crippen LogP contribution in [-0.4, -0.2) is 64.4 Å². The summed E-state index contributed by atoms with van der Waals surface area (Å²) in [5.74, 6) is 0.852. The van der Waals surface area contributed by atoms with Crippen LogP contribution in [0.5, 0.6) is 0 Å². The highest BCUT2D eigenvalue weighted by atomic mass is 35.5. The monoisotopic (exact) mass is 531 g/mol. The first kappa shape index (κ1) is 26.3. The van der Waals surface area contributed by atoms with E-state index in [-0.39, 0.29) is 0 Å². The number of halogens is 2. The average molecular weight is 532 g/mol. The lowest BCUT2D eigenvalue weighted by Gasteiger charge is -2.37. The maximum Gasteiger partial charge on any atom is 0.320 e. The first-order chi connectivity index (χ1) is 17.2. The lowest BCUT2D eigenvalue weighted by Crippen LogP contribution is -2.50. The second-order valence-corrected chi connectivity index (χ2v) is 10.4. The fourth-order valence-electron chi connectivity index (χ4n) is 3.97. The van der Waals surface area contributed by atoms with Gasteiger partial charge in [0.2, 0.25) is 5.95 Å². The van der Waals surface area contributed by atoms with Crippen LogP contribution >= 0.6 is 23.2 Å². The summed E-state index contributed by atoms with van der Waals surface area (Å²) < 4.78 is 5.51. The highest BCUT2D eigenvalue weighted by Gasteiger charge is 2.23. The molecule has 36 heavy (non-hydrogen) atoms. The third kappa shape index (κ3) is 6.15. The quantitative estimate of drug-likeness (QED) is 0.440. The zero-order valence-corrected chi connectivity index (χ0v) is 22.4. The van der Waals surface area contributed by atoms with E-state index in [2.05, 4.69) is 32.6 Å². The van der Waals surface area contributed by atoms with Gasteiger partial charge in [-0.3, -0.25) is 10.3 Å². The molecule has 0 atom stereocenters. The van der Waals surface area contributed by atoms with Crippen LogP contribution in [0.1, 0.15) is 34.1 Å². The minimum Gasteiger partial charge on any atom is -0.379 e. The summed E-state index contributed by atoms with van der Waals surface area (Å²) in [4.78, 5) is 27.0. The molecule has 9 nitrogen and oxygen atoms in total. The van der Waals surface area contributed by atoms with Gasteiger partial charge in [-0.05, 0) is 45.4 Å². The Kier molecular flexibility index (Phi) is 8.14. The average Bonchev–Trinajstić information content (AvgIpc) is 2.81. The lowest BCUT2D eigenvalue weighted by atomic mass is 10.0. The molecule has 0 unspecified atom stereocenters. The van der Waals surface area contributed by atoms with Crippen molar-refractivity contribution >= 4 is 52.0 Å². The zero-order valence-electron chi connectivity index (χ0n) is 20.9. The number of fused-ring (bicyclic) bond motifs is 1. The second kappa shape index (κ2) is 11.1. The number of carbonyl (C=O) groups excluding carboxylic acids is 1. The van der Waals surface area contributed by atoms with Crippen molar-refractivity contribution in [1.29, 1.82) is 0 Å². The van der Waals surface area contributed by atoms with E-state index in [0.717, 1.165) is 26.1 Å². The van der Waals surface area contributed by atoms with Gasteiger partial charge in [0.05, 0.1) is 23.3 Å². The van der Waals surface area contributed by atoms with Crippen LogP contribution in [0.15, 0.2) is 30.5 Å². The number of benzene rings is 1. The van der Waals surface area contributed by atoms with Gasteiger partial charge >= 0.3 is 6.03 Å². The van der Waals surface area contributed by atoms with Crippen molar-refractivity contribution in [3.05, 3.63) is 40.5 Å². The third-order valence-corrected chi connectivity index (χ3v) is 6.13. The largest absolute Gasteiger partial charge is 0.379 e. The van der Waals surface area contributed by atoms with E-state index in [4.69, 9.17) is 37.9 Å². The number of hydrogen-bond donors (Lipinski definition) is 2. The van der Waals surface area contributed by atoms with E-state index < -0.39 is 11.6 Å². The first-order valence-corrected chi connectivity index (χ1v) is 12.7. The minimum absolute atomic E-state index is 0.303. The molecule has 2 aromatic heterocycles. The van der Waals surface area contributed by atoms with Crippen LogP contribution in [0.2, 0.25) is 10.0 Å². The van der Waals surface area contributed by atoms with E-state index in [1.165, 1.54) is 0 Å². The van der Waals surface area contributed by atoms with Crippen LogP contribution in [0.3, 0.4) is 0 Å². The predicted molar refractivity (Wildman–Crippen MR) is 145 cm³/mol. The summed E-state index contributed by atoms with van der Waals surface area (Å²) in [6.07, 6.45) is 2.66. The van der Waals surface area contributed by atoms with Gasteiger partial charge in [-0.2, -0.15) is 4.98 Å². The Hall–Kier alpha value is -2.72. The summed E-state index contributed by atoms with van der Waals surface area (Å²) in [5, 5.41) is 11.6. The van der Waals surface area contributed by atoms with E-state index in [1.54, 1.807) is 24.4 Å². The highest BCUT2D eigenvalue weighted by Crippen LogP contribution is 2.39. The lowest BCUT2D eigenvalue weighted by molar-refractivity contribution is 0.0308. The van der Waals surface area contributed by atoms with Crippen LogP contribution in [-0.2, 0) is 4.74 Å². The van der Waals surface area contributed by atoms with Crippen LogP contribution < -0.4 is 15.6 Å². The number of morpholine rings is 1. The Morgan fingerprint density at radius 1 is 1.17 bits per heavy atom. The molecule has 4 rings (SSSR count). The molecule has 0 spiro atoms. The number of amides is 2. The molecule has 192 valence electrons. The molecule has 1 aliphatic heterocycles. The van der Waals surface area contributed by atoms with Crippen molar-refractivity contribution in [2.75, 3.05) is 43.2 Å². The molecule has 11 heteroatoms. The Balaban J connectivity index is 1.81. The van der Waals surface area contributed by atoms with E-state index in [1.807, 2.05) is 26.8 Å². The zero-order chi connectivity index (χ0) is 25.9. The predicted octanol–water partition coefficient (Wildman–Crippen LogP) is 5.38. The van der Waals surface area contributed by atoms with Crippen molar-refractivity contribution < 1.29 is 9.53 Å². The van der Waals surface area contributed by atoms with Crippen molar-refractivity contribution in [3.63, 3.8) is 0 Å². The number of pyridine rings is 1. The molecule has 1 fully saturated rings. The van der Waals surface area contributed by atoms with Crippen molar-refractivity contribution in [2.24, 2.45) is 0 Å². The summed E-state index contributed by atoms with van der Waals surface area (Å²) in [6.45, 7) is 11.4. The number of nitrogens with zero attached hydrogens (tertiary/aromatic N) is 5. The van der Waals surface area contributed by atoms with Gasteiger partial charge in [-0.1, -0.05) is 36.2 Å². The number of rotatable bonds is 6. The van der Waals surface area contributed by atoms with E-state index >= 15 is 0 Å². The van der Waals surface area contributed by atoms with Gasteiger partial charge in [0.1, 0.15) is 5.82 Å². The van der Waals surface area contributed by atoms with Crippen LogP contribution in [0.25, 0.3) is 22.2 Å². The molecular formula is C25H31Cl2N7O2. The Bertz CT molecular complexity index is 1220. The number of hydrazine groups is 1. The topological polar surface area (TPSA) is 95.5 Å². The smallest absolute Gasteiger partial charge is 0.320 e. The summed E-state index contributed by atoms with van der Waals surface area (Å²) in [7, 11) is 0. The number of urea groups is 1. The van der Waals surface area contributed by atoms with Gasteiger partial charge in [-0.25, -0.2) is 19.8 Å². The Morgan fingerprint density at radius 2 is 1.86 bits per heavy atom. The van der Waals surface area contributed by atoms with Gasteiger partial charge in [-0.15, -0.1) is 0 Å². The molecule has 1 aromatic carbocycles. The minimum atomic E-state index is -0.433. The number of hydrogen-bond acceptors (Lipinski definition) is 7. The van der Waals surface area contributed by atoms with Gasteiger partial charge < -0.3 is 10.1 Å². The molecular weight excluding hydrogens is 501 g/mol. The number of aromatic nitrogens is 3. The Morgan fingerprint density at radius 3 is 2.50 bits per heavy atom. The van der Waals surface area contributed by atoms with Gasteiger partial charge in [0.25, 0.3) is 0 Å². The van der Waals surface area contributed by atoms with Crippen LogP contribution in [0, 0.1) is 0 Å². The van der Waals surface area contributed by atoms with Crippen molar-refractivity contribution in [2.45, 2.75) is 39.7 Å². The first-order valence-electron chi connectivity index (χ1n) is 12.0. The molecule has 0 radical (unpaired) electrons. The number of ether oxygens (including phenoxy) is 1. The third-order valence-electron chi connectivity index (χ3n) is 5.50. The van der Waals surface area contributed by atoms with E-state index in [9.17, 15) is 4.79 Å². The number of anilines is 2. The molecule has 1 saturated heterocycles. The maximum atomic E-state index is 12.8. The molecule has 2 N–H and O–H groups in total.